The first-order valence-electron chi connectivity index (χ1n) is 6.95. The first kappa shape index (κ1) is 12.8. The molecule has 0 unspecified atom stereocenters. The Hall–Kier alpha value is -2.90. The number of hydrogen-bond donors (Lipinski definition) is 1. The normalized spacial score (nSPS) is 14.3. The number of nitrogens with zero attached hydrogens (tertiary/aromatic N) is 6. The minimum atomic E-state index is -1.05. The predicted octanol–water partition coefficient (Wildman–Crippen LogP) is 0.724. The van der Waals surface area contributed by atoms with E-state index in [0.29, 0.717) is 18.1 Å². The molecule has 3 aromatic rings. The van der Waals surface area contributed by atoms with Crippen molar-refractivity contribution in [1.29, 1.82) is 0 Å². The molecule has 0 saturated carbocycles. The minimum absolute atomic E-state index is 0.00526. The largest absolute Gasteiger partial charge is 0.477 e. The number of aromatic nitrogens is 5. The number of rotatable bonds is 2. The van der Waals surface area contributed by atoms with Crippen LogP contribution in [0.15, 0.2) is 24.7 Å². The maximum Gasteiger partial charge on any atom is 0.354 e. The van der Waals surface area contributed by atoms with Crippen molar-refractivity contribution < 1.29 is 9.90 Å². The van der Waals surface area contributed by atoms with Crippen LogP contribution >= 0.6 is 0 Å². The van der Waals surface area contributed by atoms with Crippen molar-refractivity contribution in [2.45, 2.75) is 13.0 Å². The molecule has 0 fully saturated rings. The Morgan fingerprint density at radius 1 is 1.41 bits per heavy atom. The van der Waals surface area contributed by atoms with Gasteiger partial charge in [0.1, 0.15) is 5.65 Å². The van der Waals surface area contributed by atoms with Gasteiger partial charge >= 0.3 is 5.97 Å². The van der Waals surface area contributed by atoms with E-state index in [1.807, 2.05) is 22.3 Å². The van der Waals surface area contributed by atoms with E-state index in [4.69, 9.17) is 0 Å². The van der Waals surface area contributed by atoms with Gasteiger partial charge in [0, 0.05) is 56.3 Å². The summed E-state index contributed by atoms with van der Waals surface area (Å²) in [5.41, 5.74) is 2.95. The molecule has 0 spiro atoms. The summed E-state index contributed by atoms with van der Waals surface area (Å²) in [6.45, 7) is 1.42. The standard InChI is InChI=1S/C14H14N6O2/c1-18-11-2-4-19(8-9(11)7-16-18)14-17-10(13(21)22)6-12-15-3-5-20(12)14/h3,5-7H,2,4,8H2,1H3,(H,21,22). The molecule has 22 heavy (non-hydrogen) atoms. The number of imidazole rings is 1. The summed E-state index contributed by atoms with van der Waals surface area (Å²) in [4.78, 5) is 21.8. The Morgan fingerprint density at radius 2 is 2.27 bits per heavy atom. The summed E-state index contributed by atoms with van der Waals surface area (Å²) < 4.78 is 3.70. The number of fused-ring (bicyclic) bond motifs is 2. The number of aryl methyl sites for hydroxylation is 1. The molecule has 4 rings (SSSR count). The molecule has 8 nitrogen and oxygen atoms in total. The third-order valence-electron chi connectivity index (χ3n) is 4.00. The van der Waals surface area contributed by atoms with Crippen molar-refractivity contribution >= 4 is 17.6 Å². The van der Waals surface area contributed by atoms with Crippen LogP contribution in [0, 0.1) is 0 Å². The van der Waals surface area contributed by atoms with Gasteiger partial charge in [-0.3, -0.25) is 9.08 Å². The van der Waals surface area contributed by atoms with Crippen molar-refractivity contribution in [3.05, 3.63) is 41.6 Å². The number of aromatic carboxylic acids is 1. The zero-order valence-electron chi connectivity index (χ0n) is 12.0. The van der Waals surface area contributed by atoms with Crippen LogP contribution in [0.5, 0.6) is 0 Å². The summed E-state index contributed by atoms with van der Waals surface area (Å²) in [6.07, 6.45) is 6.14. The number of carboxylic acid groups (broad SMARTS) is 1. The van der Waals surface area contributed by atoms with Crippen molar-refractivity contribution in [1.82, 2.24) is 24.1 Å². The first-order chi connectivity index (χ1) is 10.6. The maximum absolute atomic E-state index is 11.3. The predicted molar refractivity (Wildman–Crippen MR) is 77.9 cm³/mol. The minimum Gasteiger partial charge on any atom is -0.477 e. The van der Waals surface area contributed by atoms with Crippen LogP contribution in [0.3, 0.4) is 0 Å². The van der Waals surface area contributed by atoms with E-state index in [0.717, 1.165) is 18.5 Å². The number of anilines is 1. The molecule has 1 aliphatic rings. The molecule has 3 aromatic heterocycles. The summed E-state index contributed by atoms with van der Waals surface area (Å²) in [6, 6.07) is 1.48. The quantitative estimate of drug-likeness (QED) is 0.750. The van der Waals surface area contributed by atoms with Crippen LogP contribution < -0.4 is 4.90 Å². The van der Waals surface area contributed by atoms with E-state index in [-0.39, 0.29) is 5.69 Å². The zero-order chi connectivity index (χ0) is 15.3. The van der Waals surface area contributed by atoms with Gasteiger partial charge in [-0.05, 0) is 0 Å². The lowest BCUT2D eigenvalue weighted by atomic mass is 10.1. The topological polar surface area (TPSA) is 88.5 Å². The van der Waals surface area contributed by atoms with Crippen LogP contribution in [-0.2, 0) is 20.0 Å². The number of hydrogen-bond acceptors (Lipinski definition) is 5. The Bertz CT molecular complexity index is 881. The second-order valence-electron chi connectivity index (χ2n) is 5.31. The molecule has 0 saturated heterocycles. The van der Waals surface area contributed by atoms with Crippen molar-refractivity contribution in [2.75, 3.05) is 11.4 Å². The van der Waals surface area contributed by atoms with E-state index in [1.54, 1.807) is 12.4 Å². The van der Waals surface area contributed by atoms with Gasteiger partial charge < -0.3 is 10.0 Å². The van der Waals surface area contributed by atoms with Crippen molar-refractivity contribution in [3.63, 3.8) is 0 Å². The summed E-state index contributed by atoms with van der Waals surface area (Å²) in [5.74, 6) is -0.451. The van der Waals surface area contributed by atoms with Crippen LogP contribution in [0.1, 0.15) is 21.7 Å². The lowest BCUT2D eigenvalue weighted by Gasteiger charge is -2.28. The Kier molecular flexibility index (Phi) is 2.65. The Morgan fingerprint density at radius 3 is 3.09 bits per heavy atom. The molecule has 4 heterocycles. The lowest BCUT2D eigenvalue weighted by Crippen LogP contribution is -2.33. The molecule has 8 heteroatoms. The first-order valence-corrected chi connectivity index (χ1v) is 6.95. The average Bonchev–Trinajstić information content (AvgIpc) is 3.12. The van der Waals surface area contributed by atoms with Gasteiger partial charge in [-0.2, -0.15) is 5.10 Å². The van der Waals surface area contributed by atoms with Crippen LogP contribution in [0.2, 0.25) is 0 Å². The summed E-state index contributed by atoms with van der Waals surface area (Å²) in [7, 11) is 1.94. The molecule has 0 radical (unpaired) electrons. The smallest absolute Gasteiger partial charge is 0.354 e. The highest BCUT2D eigenvalue weighted by molar-refractivity contribution is 5.87. The van der Waals surface area contributed by atoms with Gasteiger partial charge in [0.2, 0.25) is 5.95 Å². The lowest BCUT2D eigenvalue weighted by molar-refractivity contribution is 0.0690. The number of carboxylic acids is 1. The SMILES string of the molecule is Cn1ncc2c1CCN(c1nc(C(=O)O)cc3nccn13)C2. The van der Waals surface area contributed by atoms with Crippen LogP contribution in [0.4, 0.5) is 5.95 Å². The Labute approximate surface area is 125 Å². The van der Waals surface area contributed by atoms with Crippen LogP contribution in [-0.4, -0.2) is 41.8 Å². The second kappa shape index (κ2) is 4.55. The average molecular weight is 298 g/mol. The fourth-order valence-corrected chi connectivity index (χ4v) is 2.90. The second-order valence-corrected chi connectivity index (χ2v) is 5.31. The van der Waals surface area contributed by atoms with Gasteiger partial charge in [0.05, 0.1) is 6.20 Å². The van der Waals surface area contributed by atoms with Gasteiger partial charge in [0.25, 0.3) is 0 Å². The molecule has 1 aliphatic heterocycles. The molecule has 1 N–H and O–H groups in total. The van der Waals surface area contributed by atoms with E-state index in [2.05, 4.69) is 20.0 Å². The van der Waals surface area contributed by atoms with Crippen molar-refractivity contribution in [3.8, 4) is 0 Å². The third kappa shape index (κ3) is 1.84. The highest BCUT2D eigenvalue weighted by Gasteiger charge is 2.23. The third-order valence-corrected chi connectivity index (χ3v) is 4.00. The fourth-order valence-electron chi connectivity index (χ4n) is 2.90. The molecular weight excluding hydrogens is 284 g/mol. The summed E-state index contributed by atoms with van der Waals surface area (Å²) in [5, 5.41) is 13.5. The Balaban J connectivity index is 1.81. The van der Waals surface area contributed by atoms with Gasteiger partial charge in [-0.15, -0.1) is 0 Å². The van der Waals surface area contributed by atoms with E-state index < -0.39 is 5.97 Å². The van der Waals surface area contributed by atoms with Crippen molar-refractivity contribution in [2.24, 2.45) is 7.05 Å². The van der Waals surface area contributed by atoms with Gasteiger partial charge in [-0.1, -0.05) is 0 Å². The molecule has 0 aromatic carbocycles. The molecule has 0 atom stereocenters. The van der Waals surface area contributed by atoms with E-state index in [9.17, 15) is 9.90 Å². The maximum atomic E-state index is 11.3. The van der Waals surface area contributed by atoms with Gasteiger partial charge in [-0.25, -0.2) is 14.8 Å². The monoisotopic (exact) mass is 298 g/mol. The highest BCUT2D eigenvalue weighted by atomic mass is 16.4. The molecule has 0 aliphatic carbocycles. The van der Waals surface area contributed by atoms with Gasteiger partial charge in [0.15, 0.2) is 5.69 Å². The highest BCUT2D eigenvalue weighted by Crippen LogP contribution is 2.24. The number of carbonyl (C=O) groups is 1. The zero-order valence-corrected chi connectivity index (χ0v) is 12.0. The van der Waals surface area contributed by atoms with E-state index in [1.165, 1.54) is 11.8 Å². The molecular formula is C14H14N6O2. The fraction of sp³-hybridized carbons (Fsp3) is 0.286. The molecule has 0 bridgehead atoms. The van der Waals surface area contributed by atoms with E-state index >= 15 is 0 Å². The van der Waals surface area contributed by atoms with Crippen LogP contribution in [0.25, 0.3) is 5.65 Å². The molecule has 112 valence electrons. The molecule has 0 amide bonds. The summed E-state index contributed by atoms with van der Waals surface area (Å²) >= 11 is 0.